The van der Waals surface area contributed by atoms with Gasteiger partial charge in [0.2, 0.25) is 15.9 Å². The second-order valence-electron chi connectivity index (χ2n) is 6.72. The first-order valence-electron chi connectivity index (χ1n) is 9.22. The van der Waals surface area contributed by atoms with E-state index in [-0.39, 0.29) is 10.8 Å². The maximum atomic E-state index is 12.6. The van der Waals surface area contributed by atoms with E-state index in [1.165, 1.54) is 4.31 Å². The topological polar surface area (TPSA) is 78.5 Å². The van der Waals surface area contributed by atoms with E-state index in [2.05, 4.69) is 10.6 Å². The summed E-state index contributed by atoms with van der Waals surface area (Å²) in [5, 5.41) is 6.01. The van der Waals surface area contributed by atoms with Crippen LogP contribution in [0.4, 0.5) is 11.4 Å². The molecule has 1 amide bonds. The molecule has 2 aromatic carbocycles. The summed E-state index contributed by atoms with van der Waals surface area (Å²) in [6, 6.07) is 13.8. The van der Waals surface area contributed by atoms with Gasteiger partial charge in [0.15, 0.2) is 0 Å². The molecule has 6 nitrogen and oxygen atoms in total. The van der Waals surface area contributed by atoms with E-state index >= 15 is 0 Å². The molecule has 0 bridgehead atoms. The van der Waals surface area contributed by atoms with Crippen LogP contribution >= 0.6 is 11.8 Å². The van der Waals surface area contributed by atoms with Crippen molar-refractivity contribution in [2.45, 2.75) is 35.6 Å². The Kier molecular flexibility index (Phi) is 6.64. The van der Waals surface area contributed by atoms with Crippen molar-refractivity contribution in [3.05, 3.63) is 48.5 Å². The van der Waals surface area contributed by atoms with Crippen LogP contribution in [-0.2, 0) is 14.8 Å². The smallest absolute Gasteiger partial charge is 0.246 e. The number of nitrogens with zero attached hydrogens (tertiary/aromatic N) is 1. The van der Waals surface area contributed by atoms with Crippen LogP contribution in [0.25, 0.3) is 0 Å². The first-order valence-corrected chi connectivity index (χ1v) is 11.9. The van der Waals surface area contributed by atoms with Gasteiger partial charge in [-0.05, 0) is 68.5 Å². The molecular weight excluding hydrogens is 394 g/mol. The fourth-order valence-electron chi connectivity index (χ4n) is 3.07. The molecule has 8 heteroatoms. The normalized spacial score (nSPS) is 15.9. The number of anilines is 2. The predicted molar refractivity (Wildman–Crippen MR) is 114 cm³/mol. The lowest BCUT2D eigenvalue weighted by molar-refractivity contribution is -0.116. The zero-order chi connectivity index (χ0) is 20.1. The van der Waals surface area contributed by atoms with Crippen molar-refractivity contribution in [3.63, 3.8) is 0 Å². The number of carbonyl (C=O) groups excluding carboxylic acids is 1. The van der Waals surface area contributed by atoms with Crippen LogP contribution in [-0.4, -0.2) is 44.0 Å². The molecule has 0 unspecified atom stereocenters. The average molecular weight is 420 g/mol. The van der Waals surface area contributed by atoms with Gasteiger partial charge < -0.3 is 10.6 Å². The summed E-state index contributed by atoms with van der Waals surface area (Å²) >= 11 is 1.64. The van der Waals surface area contributed by atoms with E-state index in [9.17, 15) is 13.2 Å². The molecule has 0 spiro atoms. The maximum Gasteiger partial charge on any atom is 0.246 e. The van der Waals surface area contributed by atoms with Crippen LogP contribution in [0.15, 0.2) is 58.3 Å². The number of rotatable bonds is 7. The van der Waals surface area contributed by atoms with Gasteiger partial charge in [-0.25, -0.2) is 8.42 Å². The van der Waals surface area contributed by atoms with Crippen LogP contribution in [0, 0.1) is 0 Å². The van der Waals surface area contributed by atoms with Gasteiger partial charge in [-0.3, -0.25) is 4.79 Å². The molecule has 0 aliphatic carbocycles. The molecule has 0 radical (unpaired) electrons. The summed E-state index contributed by atoms with van der Waals surface area (Å²) in [7, 11) is -3.44. The minimum Gasteiger partial charge on any atom is -0.374 e. The highest BCUT2D eigenvalue weighted by Crippen LogP contribution is 2.23. The molecule has 2 aromatic rings. The molecule has 1 heterocycles. The van der Waals surface area contributed by atoms with E-state index in [0.29, 0.717) is 18.8 Å². The second-order valence-corrected chi connectivity index (χ2v) is 9.54. The third-order valence-electron chi connectivity index (χ3n) is 4.67. The Morgan fingerprint density at radius 2 is 1.75 bits per heavy atom. The zero-order valence-electron chi connectivity index (χ0n) is 16.0. The van der Waals surface area contributed by atoms with Crippen LogP contribution in [0.3, 0.4) is 0 Å². The van der Waals surface area contributed by atoms with Crippen molar-refractivity contribution in [2.24, 2.45) is 0 Å². The van der Waals surface area contributed by atoms with Crippen molar-refractivity contribution in [1.82, 2.24) is 4.31 Å². The SMILES string of the molecule is CSc1cccc(N[C@@H](C)C(=O)Nc2ccc(S(=O)(=O)N3CCCC3)cc2)c1. The number of carbonyl (C=O) groups is 1. The number of nitrogens with one attached hydrogen (secondary N) is 2. The highest BCUT2D eigenvalue weighted by atomic mass is 32.2. The lowest BCUT2D eigenvalue weighted by Gasteiger charge is -2.17. The van der Waals surface area contributed by atoms with Gasteiger partial charge in [0.05, 0.1) is 4.90 Å². The number of thioether (sulfide) groups is 1. The molecule has 150 valence electrons. The highest BCUT2D eigenvalue weighted by Gasteiger charge is 2.27. The maximum absolute atomic E-state index is 12.6. The lowest BCUT2D eigenvalue weighted by atomic mass is 10.2. The summed E-state index contributed by atoms with van der Waals surface area (Å²) in [6.07, 6.45) is 3.80. The number of sulfonamides is 1. The first-order chi connectivity index (χ1) is 13.4. The monoisotopic (exact) mass is 419 g/mol. The van der Waals surface area contributed by atoms with Crippen molar-refractivity contribution < 1.29 is 13.2 Å². The Bertz CT molecular complexity index is 924. The molecule has 1 fully saturated rings. The molecule has 2 N–H and O–H groups in total. The minimum absolute atomic E-state index is 0.190. The summed E-state index contributed by atoms with van der Waals surface area (Å²) in [5.74, 6) is -0.190. The van der Waals surface area contributed by atoms with Gasteiger partial charge in [-0.15, -0.1) is 11.8 Å². The zero-order valence-corrected chi connectivity index (χ0v) is 17.6. The Morgan fingerprint density at radius 3 is 2.39 bits per heavy atom. The fraction of sp³-hybridized carbons (Fsp3) is 0.350. The van der Waals surface area contributed by atoms with Gasteiger partial charge in [0, 0.05) is 29.4 Å². The molecule has 1 atom stereocenters. The molecule has 0 aromatic heterocycles. The molecule has 3 rings (SSSR count). The van der Waals surface area contributed by atoms with Crippen LogP contribution in [0.1, 0.15) is 19.8 Å². The van der Waals surface area contributed by atoms with E-state index < -0.39 is 16.1 Å². The van der Waals surface area contributed by atoms with Crippen molar-refractivity contribution in [3.8, 4) is 0 Å². The number of hydrogen-bond acceptors (Lipinski definition) is 5. The van der Waals surface area contributed by atoms with Crippen LogP contribution in [0.2, 0.25) is 0 Å². The van der Waals surface area contributed by atoms with Crippen molar-refractivity contribution >= 4 is 39.1 Å². The lowest BCUT2D eigenvalue weighted by Crippen LogP contribution is -2.32. The standard InChI is InChI=1S/C20H25N3O3S2/c1-15(21-17-6-5-7-18(14-17)27-2)20(24)22-16-8-10-19(11-9-16)28(25,26)23-12-3-4-13-23/h5-11,14-15,21H,3-4,12-13H2,1-2H3,(H,22,24)/t15-/m0/s1. The van der Waals surface area contributed by atoms with Crippen LogP contribution < -0.4 is 10.6 Å². The number of amides is 1. The van der Waals surface area contributed by atoms with E-state index in [1.807, 2.05) is 30.5 Å². The van der Waals surface area contributed by atoms with Gasteiger partial charge in [-0.1, -0.05) is 6.07 Å². The van der Waals surface area contributed by atoms with Gasteiger partial charge in [0.25, 0.3) is 0 Å². The third kappa shape index (κ3) is 4.87. The van der Waals surface area contributed by atoms with E-state index in [4.69, 9.17) is 0 Å². The van der Waals surface area contributed by atoms with Crippen molar-refractivity contribution in [1.29, 1.82) is 0 Å². The second kappa shape index (κ2) is 8.98. The summed E-state index contributed by atoms with van der Waals surface area (Å²) < 4.78 is 26.6. The van der Waals surface area contributed by atoms with Crippen LogP contribution in [0.5, 0.6) is 0 Å². The summed E-state index contributed by atoms with van der Waals surface area (Å²) in [5.41, 5.74) is 1.44. The first kappa shape index (κ1) is 20.7. The quantitative estimate of drug-likeness (QED) is 0.670. The Labute approximate surface area is 170 Å². The predicted octanol–water partition coefficient (Wildman–Crippen LogP) is 3.63. The molecule has 1 aliphatic heterocycles. The molecule has 28 heavy (non-hydrogen) atoms. The van der Waals surface area contributed by atoms with Gasteiger partial charge >= 0.3 is 0 Å². The van der Waals surface area contributed by atoms with Crippen molar-refractivity contribution in [2.75, 3.05) is 30.0 Å². The Balaban J connectivity index is 1.62. The largest absolute Gasteiger partial charge is 0.374 e. The minimum atomic E-state index is -3.44. The van der Waals surface area contributed by atoms with Gasteiger partial charge in [0.1, 0.15) is 6.04 Å². The Hall–Kier alpha value is -2.03. The molecule has 0 saturated carbocycles. The average Bonchev–Trinajstić information content (AvgIpc) is 3.24. The fourth-order valence-corrected chi connectivity index (χ4v) is 5.04. The summed E-state index contributed by atoms with van der Waals surface area (Å²) in [6.45, 7) is 2.93. The summed E-state index contributed by atoms with van der Waals surface area (Å²) in [4.78, 5) is 13.8. The molecule has 1 saturated heterocycles. The highest BCUT2D eigenvalue weighted by molar-refractivity contribution is 7.98. The van der Waals surface area contributed by atoms with Gasteiger partial charge in [-0.2, -0.15) is 4.31 Å². The number of hydrogen-bond donors (Lipinski definition) is 2. The molecule has 1 aliphatic rings. The van der Waals surface area contributed by atoms with E-state index in [0.717, 1.165) is 23.4 Å². The van der Waals surface area contributed by atoms with E-state index in [1.54, 1.807) is 43.0 Å². The third-order valence-corrected chi connectivity index (χ3v) is 7.31. The number of benzene rings is 2. The Morgan fingerprint density at radius 1 is 1.07 bits per heavy atom. The molecular formula is C20H25N3O3S2.